The van der Waals surface area contributed by atoms with Gasteiger partial charge in [-0.3, -0.25) is 4.79 Å². The molecule has 0 spiro atoms. The lowest BCUT2D eigenvalue weighted by molar-refractivity contribution is -0.119. The number of amides is 1. The van der Waals surface area contributed by atoms with E-state index >= 15 is 0 Å². The van der Waals surface area contributed by atoms with Crippen LogP contribution in [0.4, 0.5) is 5.00 Å². The zero-order chi connectivity index (χ0) is 19.5. The minimum atomic E-state index is -0.308. The summed E-state index contributed by atoms with van der Waals surface area (Å²) in [5.41, 5.74) is 1.92. The molecule has 0 bridgehead atoms. The van der Waals surface area contributed by atoms with E-state index in [1.54, 1.807) is 11.3 Å². The number of ether oxygens (including phenoxy) is 1. The molecule has 1 heterocycles. The molecule has 1 aliphatic rings. The van der Waals surface area contributed by atoms with Gasteiger partial charge in [0.15, 0.2) is 0 Å². The van der Waals surface area contributed by atoms with E-state index in [0.717, 1.165) is 37.7 Å². The summed E-state index contributed by atoms with van der Waals surface area (Å²) >= 11 is 1.57. The predicted octanol–water partition coefficient (Wildman–Crippen LogP) is 5.45. The van der Waals surface area contributed by atoms with Gasteiger partial charge in [-0.05, 0) is 49.5 Å². The summed E-state index contributed by atoms with van der Waals surface area (Å²) in [7, 11) is 0. The number of carbonyl (C=O) groups is 2. The van der Waals surface area contributed by atoms with Crippen LogP contribution in [0.3, 0.4) is 0 Å². The fraction of sp³-hybridized carbons (Fsp3) is 0.714. The van der Waals surface area contributed by atoms with Crippen molar-refractivity contribution in [3.8, 4) is 0 Å². The lowest BCUT2D eigenvalue weighted by Crippen LogP contribution is -2.26. The van der Waals surface area contributed by atoms with Crippen LogP contribution in [-0.4, -0.2) is 18.5 Å². The average molecular weight is 380 g/mol. The molecular weight excluding hydrogens is 346 g/mol. The van der Waals surface area contributed by atoms with Crippen LogP contribution in [0.15, 0.2) is 0 Å². The molecule has 1 aromatic heterocycles. The Labute approximate surface area is 161 Å². The van der Waals surface area contributed by atoms with Gasteiger partial charge in [0, 0.05) is 10.8 Å². The van der Waals surface area contributed by atoms with E-state index in [1.807, 2.05) is 13.8 Å². The van der Waals surface area contributed by atoms with Crippen molar-refractivity contribution in [3.05, 3.63) is 16.0 Å². The van der Waals surface area contributed by atoms with Crippen molar-refractivity contribution in [2.75, 3.05) is 11.9 Å². The maximum absolute atomic E-state index is 12.6. The molecule has 2 rings (SSSR count). The van der Waals surface area contributed by atoms with Crippen molar-refractivity contribution >= 4 is 28.2 Å². The van der Waals surface area contributed by atoms with Crippen LogP contribution < -0.4 is 5.32 Å². The molecule has 0 aliphatic heterocycles. The van der Waals surface area contributed by atoms with E-state index in [0.29, 0.717) is 23.1 Å². The maximum Gasteiger partial charge on any atom is 0.341 e. The van der Waals surface area contributed by atoms with Crippen molar-refractivity contribution in [1.82, 2.24) is 0 Å². The Hall–Kier alpha value is -1.36. The minimum Gasteiger partial charge on any atom is -0.462 e. The summed E-state index contributed by atoms with van der Waals surface area (Å²) < 4.78 is 5.29. The van der Waals surface area contributed by atoms with Crippen molar-refractivity contribution in [2.45, 2.75) is 73.6 Å². The number of hydrogen-bond acceptors (Lipinski definition) is 4. The number of nitrogens with one attached hydrogen (secondary N) is 1. The molecular formula is C21H33NO3S. The van der Waals surface area contributed by atoms with Gasteiger partial charge >= 0.3 is 5.97 Å². The van der Waals surface area contributed by atoms with Crippen LogP contribution in [0.1, 0.15) is 81.6 Å². The lowest BCUT2D eigenvalue weighted by Gasteiger charge is -2.33. The average Bonchev–Trinajstić information content (AvgIpc) is 2.91. The summed E-state index contributed by atoms with van der Waals surface area (Å²) in [4.78, 5) is 26.3. The monoisotopic (exact) mass is 379 g/mol. The standard InChI is InChI=1S/C21H33NO3S/c1-7-9-13(3)18(23)22-19-17(20(24)25-8-2)15-11-10-14(21(4,5)6)12-16(15)26-19/h13-14H,7-12H2,1-6H3,(H,22,23)/t13-,14-/m0/s1. The second kappa shape index (κ2) is 8.55. The van der Waals surface area contributed by atoms with Gasteiger partial charge in [-0.25, -0.2) is 4.79 Å². The summed E-state index contributed by atoms with van der Waals surface area (Å²) in [5, 5.41) is 3.70. The van der Waals surface area contributed by atoms with E-state index in [-0.39, 0.29) is 23.2 Å². The Morgan fingerprint density at radius 3 is 2.58 bits per heavy atom. The van der Waals surface area contributed by atoms with Crippen molar-refractivity contribution in [3.63, 3.8) is 0 Å². The molecule has 1 amide bonds. The molecule has 0 aromatic carbocycles. The summed E-state index contributed by atoms with van der Waals surface area (Å²) in [6, 6.07) is 0. The number of anilines is 1. The molecule has 146 valence electrons. The number of carbonyl (C=O) groups excluding carboxylic acids is 2. The molecule has 1 N–H and O–H groups in total. The largest absolute Gasteiger partial charge is 0.462 e. The molecule has 4 nitrogen and oxygen atoms in total. The van der Waals surface area contributed by atoms with E-state index in [1.165, 1.54) is 4.88 Å². The molecule has 0 unspecified atom stereocenters. The summed E-state index contributed by atoms with van der Waals surface area (Å²) in [5.74, 6) is 0.212. The lowest BCUT2D eigenvalue weighted by atomic mass is 9.72. The van der Waals surface area contributed by atoms with E-state index in [2.05, 4.69) is 33.0 Å². The van der Waals surface area contributed by atoms with Gasteiger partial charge in [0.2, 0.25) is 5.91 Å². The van der Waals surface area contributed by atoms with Gasteiger partial charge in [-0.15, -0.1) is 11.3 Å². The van der Waals surface area contributed by atoms with Crippen LogP contribution in [-0.2, 0) is 22.4 Å². The molecule has 26 heavy (non-hydrogen) atoms. The van der Waals surface area contributed by atoms with Crippen molar-refractivity contribution < 1.29 is 14.3 Å². The molecule has 1 aliphatic carbocycles. The third-order valence-corrected chi connectivity index (χ3v) is 6.55. The molecule has 0 saturated heterocycles. The van der Waals surface area contributed by atoms with Gasteiger partial charge in [0.1, 0.15) is 5.00 Å². The first kappa shape index (κ1) is 20.9. The number of rotatable bonds is 6. The molecule has 0 fully saturated rings. The smallest absolute Gasteiger partial charge is 0.341 e. The first-order valence-corrected chi connectivity index (χ1v) is 10.6. The van der Waals surface area contributed by atoms with Crippen LogP contribution >= 0.6 is 11.3 Å². The van der Waals surface area contributed by atoms with Gasteiger partial charge in [0.25, 0.3) is 0 Å². The van der Waals surface area contributed by atoms with Gasteiger partial charge < -0.3 is 10.1 Å². The molecule has 1 aromatic rings. The van der Waals surface area contributed by atoms with Crippen LogP contribution in [0, 0.1) is 17.3 Å². The highest BCUT2D eigenvalue weighted by atomic mass is 32.1. The topological polar surface area (TPSA) is 55.4 Å². The third-order valence-electron chi connectivity index (χ3n) is 5.38. The molecule has 2 atom stereocenters. The highest BCUT2D eigenvalue weighted by Crippen LogP contribution is 2.44. The second-order valence-electron chi connectivity index (χ2n) is 8.41. The van der Waals surface area contributed by atoms with Crippen molar-refractivity contribution in [1.29, 1.82) is 0 Å². The van der Waals surface area contributed by atoms with E-state index < -0.39 is 0 Å². The minimum absolute atomic E-state index is 0.0108. The van der Waals surface area contributed by atoms with Crippen LogP contribution in [0.25, 0.3) is 0 Å². The van der Waals surface area contributed by atoms with Gasteiger partial charge in [-0.1, -0.05) is 41.0 Å². The summed E-state index contributed by atoms with van der Waals surface area (Å²) in [6.07, 6.45) is 4.73. The van der Waals surface area contributed by atoms with Gasteiger partial charge in [-0.2, -0.15) is 0 Å². The van der Waals surface area contributed by atoms with Crippen LogP contribution in [0.5, 0.6) is 0 Å². The number of thiophene rings is 1. The number of fused-ring (bicyclic) bond motifs is 1. The Balaban J connectivity index is 2.34. The Morgan fingerprint density at radius 2 is 2.00 bits per heavy atom. The zero-order valence-corrected chi connectivity index (χ0v) is 17.8. The molecule has 0 radical (unpaired) electrons. The zero-order valence-electron chi connectivity index (χ0n) is 17.0. The summed E-state index contributed by atoms with van der Waals surface area (Å²) in [6.45, 7) is 13.0. The Kier molecular flexibility index (Phi) is 6.89. The number of esters is 1. The SMILES string of the molecule is CCC[C@H](C)C(=O)Nc1sc2c(c1C(=O)OCC)CC[C@H](C(C)(C)C)C2. The fourth-order valence-corrected chi connectivity index (χ4v) is 4.95. The Morgan fingerprint density at radius 1 is 1.31 bits per heavy atom. The maximum atomic E-state index is 12.6. The molecule has 5 heteroatoms. The predicted molar refractivity (Wildman–Crippen MR) is 108 cm³/mol. The fourth-order valence-electron chi connectivity index (χ4n) is 3.63. The highest BCUT2D eigenvalue weighted by molar-refractivity contribution is 7.17. The first-order valence-electron chi connectivity index (χ1n) is 9.81. The van der Waals surface area contributed by atoms with E-state index in [4.69, 9.17) is 4.74 Å². The molecule has 0 saturated carbocycles. The number of hydrogen-bond donors (Lipinski definition) is 1. The highest BCUT2D eigenvalue weighted by Gasteiger charge is 2.34. The Bertz CT molecular complexity index is 657. The third kappa shape index (κ3) is 4.67. The van der Waals surface area contributed by atoms with Gasteiger partial charge in [0.05, 0.1) is 12.2 Å². The van der Waals surface area contributed by atoms with Crippen LogP contribution in [0.2, 0.25) is 0 Å². The normalized spacial score (nSPS) is 18.2. The second-order valence-corrected chi connectivity index (χ2v) is 9.52. The van der Waals surface area contributed by atoms with E-state index in [9.17, 15) is 9.59 Å². The first-order chi connectivity index (χ1) is 12.2. The van der Waals surface area contributed by atoms with Crippen molar-refractivity contribution in [2.24, 2.45) is 17.3 Å². The quantitative estimate of drug-likeness (QED) is 0.669.